The number of benzene rings is 2. The van der Waals surface area contributed by atoms with E-state index < -0.39 is 172 Å². The van der Waals surface area contributed by atoms with E-state index in [0.29, 0.717) is 31.2 Å². The molecule has 2 aliphatic heterocycles. The average Bonchev–Trinajstić information content (AvgIpc) is 1.17. The highest BCUT2D eigenvalue weighted by molar-refractivity contribution is 6.31. The molecule has 2 aromatic rings. The Morgan fingerprint density at radius 1 is 0.673 bits per heavy atom. The lowest BCUT2D eigenvalue weighted by Crippen LogP contribution is -2.65. The van der Waals surface area contributed by atoms with Crippen LogP contribution in [0.5, 0.6) is 0 Å². The van der Waals surface area contributed by atoms with E-state index in [-0.39, 0.29) is 63.0 Å². The van der Waals surface area contributed by atoms with Gasteiger partial charge in [0.2, 0.25) is 70.9 Å². The summed E-state index contributed by atoms with van der Waals surface area (Å²) in [6.07, 6.45) is -3.64. The molecule has 1 aliphatic carbocycles. The van der Waals surface area contributed by atoms with Crippen LogP contribution in [-0.4, -0.2) is 251 Å². The first-order chi connectivity index (χ1) is 45.7. The Morgan fingerprint density at radius 3 is 1.79 bits per heavy atom. The van der Waals surface area contributed by atoms with Gasteiger partial charge < -0.3 is 60.0 Å². The van der Waals surface area contributed by atoms with E-state index in [4.69, 9.17) is 11.6 Å². The Hall–Kier alpha value is -7.84. The number of alkyl halides is 3. The van der Waals surface area contributed by atoms with E-state index in [9.17, 15) is 61.1 Å². The van der Waals surface area contributed by atoms with Gasteiger partial charge in [0.25, 0.3) is 0 Å². The van der Waals surface area contributed by atoms with Crippen LogP contribution in [0, 0.1) is 24.7 Å². The molecule has 0 aromatic heterocycles. The average molecular weight is 1400 g/mol. The zero-order valence-electron chi connectivity index (χ0n) is 60.3. The molecule has 3 N–H and O–H groups in total. The maximum absolute atomic E-state index is 15.3. The molecule has 3 aliphatic rings. The number of hydrogen-bond acceptors (Lipinski definition) is 12. The fourth-order valence-electron chi connectivity index (χ4n) is 12.9. The summed E-state index contributed by atoms with van der Waals surface area (Å²) in [5, 5.41) is 7.89. The molecule has 12 amide bonds. The molecular formula is C70H104ClF3N12O12. The topological polar surface area (TPSA) is 270 Å². The molecule has 0 bridgehead atoms. The van der Waals surface area contributed by atoms with Gasteiger partial charge in [0.1, 0.15) is 59.9 Å². The zero-order chi connectivity index (χ0) is 73.9. The summed E-state index contributed by atoms with van der Waals surface area (Å²) < 4.78 is 41.4. The van der Waals surface area contributed by atoms with Gasteiger partial charge in [0, 0.05) is 76.4 Å². The first-order valence-corrected chi connectivity index (χ1v) is 34.2. The van der Waals surface area contributed by atoms with Crippen LogP contribution in [0.25, 0.3) is 0 Å². The molecular weight excluding hydrogens is 1290 g/mol. The number of carbonyl (C=O) groups is 12. The Morgan fingerprint density at radius 2 is 1.26 bits per heavy atom. The fraction of sp³-hybridized carbons (Fsp3) is 0.657. The minimum Gasteiger partial charge on any atom is -0.347 e. The molecule has 0 radical (unpaired) electrons. The van der Waals surface area contributed by atoms with Crippen molar-refractivity contribution in [3.8, 4) is 0 Å². The van der Waals surface area contributed by atoms with Crippen molar-refractivity contribution in [3.63, 3.8) is 0 Å². The molecule has 3 fully saturated rings. The van der Waals surface area contributed by atoms with Gasteiger partial charge in [0.15, 0.2) is 0 Å². The predicted molar refractivity (Wildman–Crippen MR) is 363 cm³/mol. The molecule has 2 saturated heterocycles. The first-order valence-electron chi connectivity index (χ1n) is 33.8. The second-order valence-electron chi connectivity index (χ2n) is 27.9. The first kappa shape index (κ1) is 80.8. The lowest BCUT2D eigenvalue weighted by molar-refractivity contribution is -0.160. The van der Waals surface area contributed by atoms with Crippen molar-refractivity contribution in [1.82, 2.24) is 60.0 Å². The summed E-state index contributed by atoms with van der Waals surface area (Å²) in [6, 6.07) is -1.38. The van der Waals surface area contributed by atoms with Crippen molar-refractivity contribution < 1.29 is 70.7 Å². The van der Waals surface area contributed by atoms with Gasteiger partial charge in [-0.3, -0.25) is 57.5 Å². The van der Waals surface area contributed by atoms with Crippen molar-refractivity contribution in [3.05, 3.63) is 69.7 Å². The molecule has 11 atom stereocenters. The van der Waals surface area contributed by atoms with E-state index in [2.05, 4.69) is 16.0 Å². The lowest BCUT2D eigenvalue weighted by Gasteiger charge is -2.45. The third-order valence-corrected chi connectivity index (χ3v) is 20.5. The molecule has 24 nitrogen and oxygen atoms in total. The SMILES string of the molecule is CC[C@H](C)[C@@H]1NC(=O)[C@H](CC(C)C)N(C)C(=O)C[C@@H](C(=O)N(C)C)N(C)C(=O)[C@H]([C@@H](C)CC)N(C)C(=O)C2(CCCC2)NC(=O)[C@@H](C)N(C)C(=O)[C@H](CCc2ccc(C(F)(F)F)c(Cl)c2)NC(=O)CN(C)C(=O)[C@H](Cc2ccc(C)cc2)N(C)C(=O)[C@@H]2CCN2C(=O)[C@H](C)N(C)C1=O. The number of fused-ring (bicyclic) bond motifs is 1. The monoisotopic (exact) mass is 1400 g/mol. The smallest absolute Gasteiger partial charge is 0.347 e. The fourth-order valence-corrected chi connectivity index (χ4v) is 13.2. The van der Waals surface area contributed by atoms with Crippen molar-refractivity contribution >= 4 is 82.5 Å². The highest BCUT2D eigenvalue weighted by Gasteiger charge is 2.50. The summed E-state index contributed by atoms with van der Waals surface area (Å²) in [7, 11) is 12.5. The van der Waals surface area contributed by atoms with E-state index in [1.165, 1.54) is 113 Å². The van der Waals surface area contributed by atoms with Gasteiger partial charge >= 0.3 is 6.18 Å². The number of aryl methyl sites for hydroxylation is 2. The standard InChI is InChI=1S/C70H104ClF3N12O12/c1-19-42(6)57-66(96)81(14)45(9)61(91)86-34-31-51(86)65(95)83(16)53(37-47-25-23-41(5)24-26-47)64(94)79(12)39-55(87)75-50(30-28-46-27-29-48(49(71)36-46)70(72,73)74)62(92)80(13)44(8)59(89)77-69(32-21-22-33-69)68(98)85(18)58(43(7)20-2)67(97)84(17)54(63(93)78(10)11)38-56(88)82(15)52(35-40(3)4)60(90)76-57/h23-27,29,36,40,42-45,50-54,57-58H,19-22,28,30-35,37-39H2,1-18H3,(H,75,87)(H,76,90)(H,77,89)/t42-,43-,44+,45-,50-,51-,52-,53-,54-,57-,58-/m0/s1. The van der Waals surface area contributed by atoms with Gasteiger partial charge in [-0.25, -0.2) is 0 Å². The van der Waals surface area contributed by atoms with Crippen LogP contribution < -0.4 is 16.0 Å². The number of carbonyl (C=O) groups excluding carboxylic acids is 12. The molecule has 2 aromatic carbocycles. The molecule has 1 spiro atoms. The van der Waals surface area contributed by atoms with Crippen molar-refractivity contribution in [2.45, 2.75) is 205 Å². The molecule has 0 unspecified atom stereocenters. The van der Waals surface area contributed by atoms with E-state index >= 15 is 9.59 Å². The summed E-state index contributed by atoms with van der Waals surface area (Å²) in [5.74, 6) is -9.81. The maximum atomic E-state index is 15.3. The van der Waals surface area contributed by atoms with E-state index in [0.717, 1.165) is 32.4 Å². The minimum atomic E-state index is -4.78. The van der Waals surface area contributed by atoms with Crippen LogP contribution in [0.4, 0.5) is 13.2 Å². The van der Waals surface area contributed by atoms with Gasteiger partial charge in [0.05, 0.1) is 23.6 Å². The molecule has 544 valence electrons. The third-order valence-electron chi connectivity index (χ3n) is 20.2. The number of halogens is 4. The zero-order valence-corrected chi connectivity index (χ0v) is 61.1. The van der Waals surface area contributed by atoms with Crippen molar-refractivity contribution in [1.29, 1.82) is 0 Å². The summed E-state index contributed by atoms with van der Waals surface area (Å²) in [6.45, 7) is 15.0. The minimum absolute atomic E-state index is 0.0540. The van der Waals surface area contributed by atoms with Crippen molar-refractivity contribution in [2.24, 2.45) is 17.8 Å². The second kappa shape index (κ2) is 34.3. The lowest BCUT2D eigenvalue weighted by atomic mass is 9.90. The van der Waals surface area contributed by atoms with E-state index in [1.807, 2.05) is 46.8 Å². The Bertz CT molecular complexity index is 3260. The summed E-state index contributed by atoms with van der Waals surface area (Å²) in [4.78, 5) is 188. The van der Waals surface area contributed by atoms with Crippen LogP contribution in [0.3, 0.4) is 0 Å². The highest BCUT2D eigenvalue weighted by atomic mass is 35.5. The Balaban J connectivity index is 1.64. The van der Waals surface area contributed by atoms with Gasteiger partial charge in [-0.2, -0.15) is 13.2 Å². The Labute approximate surface area is 580 Å². The molecule has 2 heterocycles. The Kier molecular flexibility index (Phi) is 28.3. The number of hydrogen-bond donors (Lipinski definition) is 3. The van der Waals surface area contributed by atoms with Gasteiger partial charge in [-0.15, -0.1) is 0 Å². The van der Waals surface area contributed by atoms with Crippen molar-refractivity contribution in [2.75, 3.05) is 76.5 Å². The molecule has 1 saturated carbocycles. The highest BCUT2D eigenvalue weighted by Crippen LogP contribution is 2.37. The van der Waals surface area contributed by atoms with Crippen LogP contribution >= 0.6 is 11.6 Å². The van der Waals surface area contributed by atoms with Crippen LogP contribution in [0.1, 0.15) is 142 Å². The molecule has 5 rings (SSSR count). The summed E-state index contributed by atoms with van der Waals surface area (Å²) >= 11 is 6.11. The van der Waals surface area contributed by atoms with Crippen LogP contribution in [0.15, 0.2) is 42.5 Å². The normalized spacial score (nSPS) is 25.7. The van der Waals surface area contributed by atoms with Crippen LogP contribution in [0.2, 0.25) is 5.02 Å². The second-order valence-corrected chi connectivity index (χ2v) is 28.3. The summed E-state index contributed by atoms with van der Waals surface area (Å²) in [5.41, 5.74) is -0.909. The predicted octanol–water partition coefficient (Wildman–Crippen LogP) is 4.93. The quantitative estimate of drug-likeness (QED) is 0.255. The van der Waals surface area contributed by atoms with Gasteiger partial charge in [-0.05, 0) is 100 Å². The third kappa shape index (κ3) is 19.1. The number of amides is 12. The number of nitrogens with zero attached hydrogens (tertiary/aromatic N) is 9. The number of nitrogens with one attached hydrogen (secondary N) is 3. The van der Waals surface area contributed by atoms with Crippen LogP contribution in [-0.2, 0) is 76.6 Å². The van der Waals surface area contributed by atoms with Gasteiger partial charge in [-0.1, -0.05) is 115 Å². The maximum Gasteiger partial charge on any atom is 0.417 e. The molecule has 98 heavy (non-hydrogen) atoms. The molecule has 28 heteroatoms. The number of rotatable bonds is 12. The largest absolute Gasteiger partial charge is 0.417 e. The number of likely N-dealkylation sites (N-methyl/N-ethyl adjacent to an activating group) is 8. The van der Waals surface area contributed by atoms with E-state index in [1.54, 1.807) is 26.0 Å².